The molecule has 156 valence electrons. The van der Waals surface area contributed by atoms with Crippen molar-refractivity contribution in [1.82, 2.24) is 9.47 Å². The van der Waals surface area contributed by atoms with Gasteiger partial charge < -0.3 is 18.6 Å². The Bertz CT molecular complexity index is 866. The summed E-state index contributed by atoms with van der Waals surface area (Å²) in [6.07, 6.45) is 8.67. The zero-order valence-corrected chi connectivity index (χ0v) is 17.4. The number of likely N-dealkylation sites (tertiary alicyclic amines) is 1. The maximum Gasteiger partial charge on any atom is 0.340 e. The number of nitrogens with zero attached hydrogens (tertiary/aromatic N) is 2. The van der Waals surface area contributed by atoms with Crippen molar-refractivity contribution in [1.29, 1.82) is 0 Å². The Balaban J connectivity index is 1.39. The molecule has 4 rings (SSSR count). The van der Waals surface area contributed by atoms with Gasteiger partial charge >= 0.3 is 5.97 Å². The Hall–Kier alpha value is -2.50. The third kappa shape index (κ3) is 4.11. The minimum absolute atomic E-state index is 0.0562. The molecule has 0 unspecified atom stereocenters. The van der Waals surface area contributed by atoms with Crippen LogP contribution in [0.4, 0.5) is 0 Å². The van der Waals surface area contributed by atoms with Crippen molar-refractivity contribution in [2.24, 2.45) is 5.92 Å². The molecule has 0 bridgehead atoms. The number of aromatic nitrogens is 1. The van der Waals surface area contributed by atoms with Crippen LogP contribution in [0.3, 0.4) is 0 Å². The largest absolute Gasteiger partial charge is 0.467 e. The number of fused-ring (bicyclic) bond motifs is 1. The molecule has 6 heteroatoms. The molecule has 2 fully saturated rings. The minimum Gasteiger partial charge on any atom is -0.467 e. The van der Waals surface area contributed by atoms with E-state index in [1.165, 1.54) is 25.7 Å². The van der Waals surface area contributed by atoms with Crippen LogP contribution >= 0.6 is 0 Å². The van der Waals surface area contributed by atoms with E-state index < -0.39 is 5.97 Å². The number of amides is 1. The number of hydrogen-bond donors (Lipinski definition) is 0. The number of aryl methyl sites for hydroxylation is 1. The Labute approximate surface area is 171 Å². The predicted octanol–water partition coefficient (Wildman–Crippen LogP) is 4.08. The van der Waals surface area contributed by atoms with Crippen LogP contribution in [0.5, 0.6) is 0 Å². The number of esters is 1. The Morgan fingerprint density at radius 2 is 1.97 bits per heavy atom. The molecular weight excluding hydrogens is 368 g/mol. The molecule has 2 aromatic heterocycles. The van der Waals surface area contributed by atoms with Gasteiger partial charge in [-0.05, 0) is 63.6 Å². The van der Waals surface area contributed by atoms with E-state index in [1.54, 1.807) is 6.26 Å². The average Bonchev–Trinajstić information content (AvgIpc) is 3.35. The van der Waals surface area contributed by atoms with Crippen LogP contribution in [0, 0.1) is 19.8 Å². The number of hydrogen-bond acceptors (Lipinski definition) is 4. The topological polar surface area (TPSA) is 64.7 Å². The van der Waals surface area contributed by atoms with E-state index in [0.717, 1.165) is 36.5 Å². The quantitative estimate of drug-likeness (QED) is 0.712. The van der Waals surface area contributed by atoms with Gasteiger partial charge in [-0.2, -0.15) is 0 Å². The Morgan fingerprint density at radius 3 is 2.76 bits per heavy atom. The fourth-order valence-corrected chi connectivity index (χ4v) is 5.03. The summed E-state index contributed by atoms with van der Waals surface area (Å²) in [7, 11) is 0. The second-order valence-corrected chi connectivity index (χ2v) is 8.37. The van der Waals surface area contributed by atoms with Crippen LogP contribution in [-0.2, 0) is 16.1 Å². The Morgan fingerprint density at radius 1 is 1.17 bits per heavy atom. The second-order valence-electron chi connectivity index (χ2n) is 8.37. The van der Waals surface area contributed by atoms with Crippen molar-refractivity contribution in [3.8, 4) is 0 Å². The molecule has 2 atom stereocenters. The molecular formula is C23H30N2O4. The number of carbonyl (C=O) groups excluding carboxylic acids is 2. The zero-order valence-electron chi connectivity index (χ0n) is 17.4. The van der Waals surface area contributed by atoms with Crippen LogP contribution in [0.15, 0.2) is 28.9 Å². The molecule has 1 aliphatic carbocycles. The minimum atomic E-state index is -0.436. The van der Waals surface area contributed by atoms with Crippen molar-refractivity contribution in [3.63, 3.8) is 0 Å². The fraction of sp³-hybridized carbons (Fsp3) is 0.565. The van der Waals surface area contributed by atoms with Crippen molar-refractivity contribution in [2.45, 2.75) is 65.0 Å². The summed E-state index contributed by atoms with van der Waals surface area (Å²) < 4.78 is 12.9. The van der Waals surface area contributed by atoms with Crippen molar-refractivity contribution >= 4 is 11.9 Å². The molecule has 1 saturated carbocycles. The molecule has 1 aliphatic heterocycles. The number of furan rings is 1. The average molecular weight is 399 g/mol. The maximum absolute atomic E-state index is 12.8. The summed E-state index contributed by atoms with van der Waals surface area (Å²) in [5.74, 6) is 0.959. The van der Waals surface area contributed by atoms with E-state index in [2.05, 4.69) is 0 Å². The smallest absolute Gasteiger partial charge is 0.340 e. The van der Waals surface area contributed by atoms with Crippen LogP contribution in [0.2, 0.25) is 0 Å². The first kappa shape index (κ1) is 19.8. The highest BCUT2D eigenvalue weighted by atomic mass is 16.5. The van der Waals surface area contributed by atoms with E-state index in [1.807, 2.05) is 41.5 Å². The highest BCUT2D eigenvalue weighted by Gasteiger charge is 2.36. The third-order valence-electron chi connectivity index (χ3n) is 6.58. The van der Waals surface area contributed by atoms with Gasteiger partial charge in [0.2, 0.25) is 0 Å². The number of rotatable bonds is 5. The lowest BCUT2D eigenvalue weighted by Gasteiger charge is -2.44. The van der Waals surface area contributed by atoms with Crippen LogP contribution in [-0.4, -0.2) is 40.5 Å². The lowest BCUT2D eigenvalue weighted by atomic mass is 9.78. The van der Waals surface area contributed by atoms with Gasteiger partial charge in [-0.1, -0.05) is 12.8 Å². The lowest BCUT2D eigenvalue weighted by Crippen LogP contribution is -2.50. The highest BCUT2D eigenvalue weighted by molar-refractivity contribution is 5.92. The zero-order chi connectivity index (χ0) is 20.4. The summed E-state index contributed by atoms with van der Waals surface area (Å²) in [4.78, 5) is 27.4. The molecule has 2 aliphatic rings. The molecule has 6 nitrogen and oxygen atoms in total. The molecule has 1 amide bonds. The van der Waals surface area contributed by atoms with Crippen molar-refractivity contribution < 1.29 is 18.7 Å². The standard InChI is InChI=1S/C23H30N2O4/c1-16-13-20(17(2)25(16)14-19-9-6-12-28-19)23(27)29-15-22(26)24-11-5-8-18-7-3-4-10-21(18)24/h6,9,12-13,18,21H,3-5,7-8,10-11,14-15H2,1-2H3/t18-,21+/m1/s1. The van der Waals surface area contributed by atoms with Crippen LogP contribution in [0.1, 0.15) is 66.0 Å². The van der Waals surface area contributed by atoms with Crippen LogP contribution in [0.25, 0.3) is 0 Å². The first-order valence-electron chi connectivity index (χ1n) is 10.7. The van der Waals surface area contributed by atoms with Gasteiger partial charge in [0.1, 0.15) is 5.76 Å². The SMILES string of the molecule is Cc1cc(C(=O)OCC(=O)N2CCC[C@H]3CCCC[C@@H]32)c(C)n1Cc1ccco1. The first-order valence-corrected chi connectivity index (χ1v) is 10.7. The van der Waals surface area contributed by atoms with E-state index in [4.69, 9.17) is 9.15 Å². The van der Waals surface area contributed by atoms with Gasteiger partial charge in [-0.15, -0.1) is 0 Å². The summed E-state index contributed by atoms with van der Waals surface area (Å²) in [5, 5.41) is 0. The number of ether oxygens (including phenoxy) is 1. The van der Waals surface area contributed by atoms with Gasteiger partial charge in [0.15, 0.2) is 6.61 Å². The fourth-order valence-electron chi connectivity index (χ4n) is 5.03. The van der Waals surface area contributed by atoms with E-state index in [0.29, 0.717) is 24.1 Å². The molecule has 0 N–H and O–H groups in total. The normalized spacial score (nSPS) is 21.7. The van der Waals surface area contributed by atoms with Gasteiger partial charge in [0.05, 0.1) is 18.4 Å². The highest BCUT2D eigenvalue weighted by Crippen LogP contribution is 2.35. The Kier molecular flexibility index (Phi) is 5.79. The number of carbonyl (C=O) groups is 2. The number of piperidine rings is 1. The summed E-state index contributed by atoms with van der Waals surface area (Å²) in [5.41, 5.74) is 2.29. The first-order chi connectivity index (χ1) is 14.0. The van der Waals surface area contributed by atoms with Crippen molar-refractivity contribution in [2.75, 3.05) is 13.2 Å². The van der Waals surface area contributed by atoms with E-state index in [-0.39, 0.29) is 12.5 Å². The second kappa shape index (κ2) is 8.47. The molecule has 29 heavy (non-hydrogen) atoms. The maximum atomic E-state index is 12.8. The monoisotopic (exact) mass is 398 g/mol. The van der Waals surface area contributed by atoms with Crippen LogP contribution < -0.4 is 0 Å². The van der Waals surface area contributed by atoms with Gasteiger partial charge in [-0.25, -0.2) is 4.79 Å². The predicted molar refractivity (Wildman–Crippen MR) is 109 cm³/mol. The summed E-state index contributed by atoms with van der Waals surface area (Å²) in [6, 6.07) is 5.92. The van der Waals surface area contributed by atoms with Gasteiger partial charge in [-0.3, -0.25) is 4.79 Å². The van der Waals surface area contributed by atoms with E-state index >= 15 is 0 Å². The molecule has 0 radical (unpaired) electrons. The summed E-state index contributed by atoms with van der Waals surface area (Å²) >= 11 is 0. The molecule has 2 aromatic rings. The lowest BCUT2D eigenvalue weighted by molar-refractivity contribution is -0.140. The van der Waals surface area contributed by atoms with Gasteiger partial charge in [0, 0.05) is 24.0 Å². The molecule has 3 heterocycles. The molecule has 0 aromatic carbocycles. The van der Waals surface area contributed by atoms with Gasteiger partial charge in [0.25, 0.3) is 5.91 Å². The molecule has 0 spiro atoms. The van der Waals surface area contributed by atoms with Crippen molar-refractivity contribution in [3.05, 3.63) is 47.2 Å². The third-order valence-corrected chi connectivity index (χ3v) is 6.58. The summed E-state index contributed by atoms with van der Waals surface area (Å²) in [6.45, 7) is 5.02. The molecule has 1 saturated heterocycles. The van der Waals surface area contributed by atoms with E-state index in [9.17, 15) is 9.59 Å².